The van der Waals surface area contributed by atoms with Crippen LogP contribution in [0.5, 0.6) is 0 Å². The zero-order chi connectivity index (χ0) is 14.1. The molecule has 0 aliphatic carbocycles. The van der Waals surface area contributed by atoms with Gasteiger partial charge in [0, 0.05) is 10.9 Å². The number of para-hydroxylation sites is 1. The molecule has 3 heteroatoms. The van der Waals surface area contributed by atoms with Crippen LogP contribution >= 0.6 is 0 Å². The van der Waals surface area contributed by atoms with Crippen molar-refractivity contribution in [1.29, 1.82) is 0 Å². The van der Waals surface area contributed by atoms with E-state index in [1.54, 1.807) is 6.26 Å². The van der Waals surface area contributed by atoms with Crippen molar-refractivity contribution in [3.63, 3.8) is 0 Å². The smallest absolute Gasteiger partial charge is 0.137 e. The van der Waals surface area contributed by atoms with Gasteiger partial charge in [0.1, 0.15) is 17.1 Å². The minimum absolute atomic E-state index is 0.0317. The highest BCUT2D eigenvalue weighted by Crippen LogP contribution is 2.30. The minimum Gasteiger partial charge on any atom is -0.469 e. The van der Waals surface area contributed by atoms with Crippen LogP contribution < -0.4 is 5.32 Å². The highest BCUT2D eigenvalue weighted by Gasteiger charge is 2.19. The molecule has 0 saturated carbocycles. The van der Waals surface area contributed by atoms with Crippen LogP contribution in [0.1, 0.15) is 35.6 Å². The van der Waals surface area contributed by atoms with E-state index in [2.05, 4.69) is 43.4 Å². The van der Waals surface area contributed by atoms with Crippen molar-refractivity contribution >= 4 is 11.0 Å². The lowest BCUT2D eigenvalue weighted by molar-refractivity contribution is 0.469. The number of hydrogen-bond donors (Lipinski definition) is 1. The predicted molar refractivity (Wildman–Crippen MR) is 79.9 cm³/mol. The third-order valence-electron chi connectivity index (χ3n) is 3.54. The van der Waals surface area contributed by atoms with Gasteiger partial charge in [-0.2, -0.15) is 0 Å². The molecule has 2 aromatic heterocycles. The molecular weight excluding hydrogens is 250 g/mol. The number of rotatable bonds is 4. The molecule has 0 amide bonds. The van der Waals surface area contributed by atoms with E-state index in [4.69, 9.17) is 8.83 Å². The summed E-state index contributed by atoms with van der Waals surface area (Å²) in [6.07, 6.45) is 1.79. The topological polar surface area (TPSA) is 38.3 Å². The van der Waals surface area contributed by atoms with Crippen LogP contribution in [-0.2, 0) is 0 Å². The zero-order valence-electron chi connectivity index (χ0n) is 12.1. The molecule has 3 aromatic rings. The normalized spacial score (nSPS) is 12.9. The number of hydrogen-bond acceptors (Lipinski definition) is 3. The standard InChI is InChI=1S/C17H19NO2/c1-4-18-16(14-8-12(3)19-10-14)15-9-13-7-5-6-11(2)17(13)20-15/h5-10,16,18H,4H2,1-3H3. The van der Waals surface area contributed by atoms with Gasteiger partial charge in [-0.3, -0.25) is 0 Å². The molecule has 2 heterocycles. The molecule has 1 aromatic carbocycles. The lowest BCUT2D eigenvalue weighted by atomic mass is 10.1. The van der Waals surface area contributed by atoms with Crippen molar-refractivity contribution in [1.82, 2.24) is 5.32 Å². The molecule has 0 aliphatic heterocycles. The number of fused-ring (bicyclic) bond motifs is 1. The maximum atomic E-state index is 6.07. The maximum Gasteiger partial charge on any atom is 0.137 e. The monoisotopic (exact) mass is 269 g/mol. The highest BCUT2D eigenvalue weighted by atomic mass is 16.3. The first-order valence-corrected chi connectivity index (χ1v) is 6.96. The zero-order valence-corrected chi connectivity index (χ0v) is 12.1. The Kier molecular flexibility index (Phi) is 3.36. The number of nitrogens with one attached hydrogen (secondary N) is 1. The molecule has 0 spiro atoms. The summed E-state index contributed by atoms with van der Waals surface area (Å²) < 4.78 is 11.5. The average Bonchev–Trinajstić information content (AvgIpc) is 3.03. The molecule has 1 N–H and O–H groups in total. The second kappa shape index (κ2) is 5.17. The Bertz CT molecular complexity index is 724. The summed E-state index contributed by atoms with van der Waals surface area (Å²) in [6, 6.07) is 10.4. The highest BCUT2D eigenvalue weighted by molar-refractivity contribution is 5.81. The SMILES string of the molecule is CCNC(c1coc(C)c1)c1cc2cccc(C)c2o1. The van der Waals surface area contributed by atoms with Gasteiger partial charge >= 0.3 is 0 Å². The van der Waals surface area contributed by atoms with Crippen LogP contribution in [0.3, 0.4) is 0 Å². The fourth-order valence-electron chi connectivity index (χ4n) is 2.57. The summed E-state index contributed by atoms with van der Waals surface area (Å²) in [5.74, 6) is 1.84. The maximum absolute atomic E-state index is 6.07. The van der Waals surface area contributed by atoms with E-state index < -0.39 is 0 Å². The first-order valence-electron chi connectivity index (χ1n) is 6.96. The fraction of sp³-hybridized carbons (Fsp3) is 0.294. The summed E-state index contributed by atoms with van der Waals surface area (Å²) in [5, 5.41) is 4.60. The van der Waals surface area contributed by atoms with Gasteiger partial charge in [-0.05, 0) is 38.1 Å². The third kappa shape index (κ3) is 2.25. The number of benzene rings is 1. The predicted octanol–water partition coefficient (Wildman–Crippen LogP) is 4.34. The van der Waals surface area contributed by atoms with E-state index in [-0.39, 0.29) is 6.04 Å². The molecule has 0 saturated heterocycles. The molecule has 3 rings (SSSR count). The van der Waals surface area contributed by atoms with Gasteiger partial charge in [0.05, 0.1) is 12.3 Å². The van der Waals surface area contributed by atoms with Crippen LogP contribution in [0.2, 0.25) is 0 Å². The van der Waals surface area contributed by atoms with E-state index in [1.165, 1.54) is 0 Å². The van der Waals surface area contributed by atoms with Crippen LogP contribution in [0.4, 0.5) is 0 Å². The van der Waals surface area contributed by atoms with Crippen molar-refractivity contribution in [2.45, 2.75) is 26.8 Å². The summed E-state index contributed by atoms with van der Waals surface area (Å²) in [4.78, 5) is 0. The summed E-state index contributed by atoms with van der Waals surface area (Å²) in [6.45, 7) is 6.98. The molecule has 0 bridgehead atoms. The van der Waals surface area contributed by atoms with Crippen LogP contribution in [0, 0.1) is 13.8 Å². The van der Waals surface area contributed by atoms with Gasteiger partial charge < -0.3 is 14.2 Å². The van der Waals surface area contributed by atoms with Crippen molar-refractivity contribution in [3.8, 4) is 0 Å². The van der Waals surface area contributed by atoms with E-state index in [1.807, 2.05) is 13.0 Å². The Balaban J connectivity index is 2.07. The van der Waals surface area contributed by atoms with E-state index >= 15 is 0 Å². The third-order valence-corrected chi connectivity index (χ3v) is 3.54. The fourth-order valence-corrected chi connectivity index (χ4v) is 2.57. The Labute approximate surface area is 118 Å². The summed E-state index contributed by atoms with van der Waals surface area (Å²) in [7, 11) is 0. The second-order valence-corrected chi connectivity index (χ2v) is 5.12. The number of furan rings is 2. The van der Waals surface area contributed by atoms with E-state index in [9.17, 15) is 0 Å². The molecule has 1 atom stereocenters. The van der Waals surface area contributed by atoms with Crippen molar-refractivity contribution in [3.05, 3.63) is 59.2 Å². The lowest BCUT2D eigenvalue weighted by Crippen LogP contribution is -2.20. The molecule has 1 unspecified atom stereocenters. The molecule has 20 heavy (non-hydrogen) atoms. The van der Waals surface area contributed by atoms with Gasteiger partial charge in [0.15, 0.2) is 0 Å². The quantitative estimate of drug-likeness (QED) is 0.765. The van der Waals surface area contributed by atoms with Crippen molar-refractivity contribution in [2.75, 3.05) is 6.54 Å². The van der Waals surface area contributed by atoms with Crippen molar-refractivity contribution < 1.29 is 8.83 Å². The van der Waals surface area contributed by atoms with Crippen LogP contribution in [-0.4, -0.2) is 6.54 Å². The minimum atomic E-state index is 0.0317. The van der Waals surface area contributed by atoms with Gasteiger partial charge in [0.25, 0.3) is 0 Å². The van der Waals surface area contributed by atoms with E-state index in [0.717, 1.165) is 40.2 Å². The Morgan fingerprint density at radius 3 is 2.70 bits per heavy atom. The molecular formula is C17H19NO2. The van der Waals surface area contributed by atoms with Crippen molar-refractivity contribution in [2.24, 2.45) is 0 Å². The Hall–Kier alpha value is -2.00. The van der Waals surface area contributed by atoms with Gasteiger partial charge in [-0.1, -0.05) is 25.1 Å². The Morgan fingerprint density at radius 2 is 2.05 bits per heavy atom. The largest absolute Gasteiger partial charge is 0.469 e. The summed E-state index contributed by atoms with van der Waals surface area (Å²) in [5.41, 5.74) is 3.22. The summed E-state index contributed by atoms with van der Waals surface area (Å²) >= 11 is 0. The lowest BCUT2D eigenvalue weighted by Gasteiger charge is -2.13. The average molecular weight is 269 g/mol. The molecule has 3 nitrogen and oxygen atoms in total. The first kappa shape index (κ1) is 13.0. The van der Waals surface area contributed by atoms with Gasteiger partial charge in [0.2, 0.25) is 0 Å². The Morgan fingerprint density at radius 1 is 1.20 bits per heavy atom. The molecule has 0 aliphatic rings. The molecule has 0 fully saturated rings. The molecule has 0 radical (unpaired) electrons. The second-order valence-electron chi connectivity index (χ2n) is 5.12. The van der Waals surface area contributed by atoms with Gasteiger partial charge in [-0.15, -0.1) is 0 Å². The van der Waals surface area contributed by atoms with E-state index in [0.29, 0.717) is 0 Å². The number of aryl methyl sites for hydroxylation is 2. The van der Waals surface area contributed by atoms with Gasteiger partial charge in [-0.25, -0.2) is 0 Å². The van der Waals surface area contributed by atoms with Crippen LogP contribution in [0.25, 0.3) is 11.0 Å². The van der Waals surface area contributed by atoms with Crippen LogP contribution in [0.15, 0.2) is 45.4 Å². The molecule has 104 valence electrons. The first-order chi connectivity index (χ1) is 9.69.